The molecule has 18 heavy (non-hydrogen) atoms. The predicted octanol–water partition coefficient (Wildman–Crippen LogP) is 4.35. The zero-order chi connectivity index (χ0) is 12.5. The predicted molar refractivity (Wildman–Crippen MR) is 72.5 cm³/mol. The van der Waals surface area contributed by atoms with E-state index in [1.54, 1.807) is 0 Å². The van der Waals surface area contributed by atoms with Crippen LogP contribution < -0.4 is 0 Å². The molecule has 1 aliphatic carbocycles. The molecule has 2 heteroatoms. The molecule has 0 bridgehead atoms. The van der Waals surface area contributed by atoms with Gasteiger partial charge in [0.2, 0.25) is 0 Å². The largest absolute Gasteiger partial charge is 0.458 e. The number of hydrogen-bond donors (Lipinski definition) is 1. The van der Waals surface area contributed by atoms with Crippen molar-refractivity contribution in [2.45, 2.75) is 45.1 Å². The highest BCUT2D eigenvalue weighted by Crippen LogP contribution is 2.36. The fourth-order valence-corrected chi connectivity index (χ4v) is 3.06. The van der Waals surface area contributed by atoms with E-state index in [9.17, 15) is 5.11 Å². The van der Waals surface area contributed by atoms with Crippen molar-refractivity contribution in [1.82, 2.24) is 0 Å². The number of hydrogen-bond acceptors (Lipinski definition) is 2. The number of benzene rings is 1. The first kappa shape index (κ1) is 11.8. The van der Waals surface area contributed by atoms with Crippen LogP contribution in [-0.4, -0.2) is 5.11 Å². The molecule has 1 saturated carbocycles. The Kier molecular flexibility index (Phi) is 3.13. The van der Waals surface area contributed by atoms with Gasteiger partial charge in [0, 0.05) is 5.39 Å². The molecule has 2 aromatic rings. The minimum Gasteiger partial charge on any atom is -0.458 e. The van der Waals surface area contributed by atoms with Crippen LogP contribution in [0.25, 0.3) is 11.0 Å². The molecule has 1 aromatic heterocycles. The van der Waals surface area contributed by atoms with E-state index in [1.807, 2.05) is 31.2 Å². The van der Waals surface area contributed by atoms with E-state index < -0.39 is 6.10 Å². The summed E-state index contributed by atoms with van der Waals surface area (Å²) in [5, 5.41) is 11.5. The molecule has 3 rings (SSSR count). The van der Waals surface area contributed by atoms with Crippen LogP contribution in [0.15, 0.2) is 28.7 Å². The molecule has 0 aliphatic heterocycles. The molecular formula is C16H20O2. The molecule has 1 N–H and O–H groups in total. The zero-order valence-electron chi connectivity index (χ0n) is 10.9. The summed E-state index contributed by atoms with van der Waals surface area (Å²) in [5.74, 6) is 1.12. The summed E-state index contributed by atoms with van der Waals surface area (Å²) in [4.78, 5) is 0. The van der Waals surface area contributed by atoms with Crippen LogP contribution >= 0.6 is 0 Å². The van der Waals surface area contributed by atoms with E-state index in [0.717, 1.165) is 35.1 Å². The highest BCUT2D eigenvalue weighted by molar-refractivity contribution is 5.80. The molecule has 1 heterocycles. The fourth-order valence-electron chi connectivity index (χ4n) is 3.06. The van der Waals surface area contributed by atoms with Gasteiger partial charge in [-0.1, -0.05) is 37.5 Å². The van der Waals surface area contributed by atoms with Gasteiger partial charge in [-0.3, -0.25) is 0 Å². The number of aliphatic hydroxyl groups is 1. The third-order valence-corrected chi connectivity index (χ3v) is 4.15. The van der Waals surface area contributed by atoms with E-state index in [4.69, 9.17) is 4.42 Å². The second-order valence-corrected chi connectivity index (χ2v) is 5.48. The van der Waals surface area contributed by atoms with Gasteiger partial charge < -0.3 is 9.52 Å². The van der Waals surface area contributed by atoms with Crippen molar-refractivity contribution in [3.8, 4) is 0 Å². The van der Waals surface area contributed by atoms with E-state index in [0.29, 0.717) is 5.92 Å². The molecule has 1 unspecified atom stereocenters. The van der Waals surface area contributed by atoms with Crippen molar-refractivity contribution < 1.29 is 9.52 Å². The van der Waals surface area contributed by atoms with Gasteiger partial charge in [0.05, 0.1) is 0 Å². The fraction of sp³-hybridized carbons (Fsp3) is 0.500. The van der Waals surface area contributed by atoms with Gasteiger partial charge in [-0.2, -0.15) is 0 Å². The van der Waals surface area contributed by atoms with Gasteiger partial charge in [-0.25, -0.2) is 0 Å². The first-order valence-electron chi connectivity index (χ1n) is 6.93. The topological polar surface area (TPSA) is 33.4 Å². The van der Waals surface area contributed by atoms with E-state index in [2.05, 4.69) is 0 Å². The molecule has 0 spiro atoms. The minimum atomic E-state index is -0.433. The summed E-state index contributed by atoms with van der Waals surface area (Å²) >= 11 is 0. The van der Waals surface area contributed by atoms with Gasteiger partial charge in [0.15, 0.2) is 0 Å². The van der Waals surface area contributed by atoms with Crippen molar-refractivity contribution in [3.05, 3.63) is 35.6 Å². The first-order chi connectivity index (χ1) is 8.75. The Bertz CT molecular complexity index is 535. The standard InChI is InChI=1S/C16H20O2/c1-11-6-5-9-13-10-14(18-16(11)13)15(17)12-7-3-2-4-8-12/h5-6,9-10,12,15,17H,2-4,7-8H2,1H3. The van der Waals surface area contributed by atoms with Crippen LogP contribution in [0.5, 0.6) is 0 Å². The Morgan fingerprint density at radius 2 is 2.00 bits per heavy atom. The van der Waals surface area contributed by atoms with E-state index in [-0.39, 0.29) is 0 Å². The smallest absolute Gasteiger partial charge is 0.137 e. The molecule has 0 radical (unpaired) electrons. The van der Waals surface area contributed by atoms with Gasteiger partial charge in [-0.05, 0) is 37.3 Å². The number of aryl methyl sites for hydroxylation is 1. The third-order valence-electron chi connectivity index (χ3n) is 4.15. The van der Waals surface area contributed by atoms with Crippen molar-refractivity contribution in [3.63, 3.8) is 0 Å². The van der Waals surface area contributed by atoms with Crippen molar-refractivity contribution in [2.75, 3.05) is 0 Å². The number of aliphatic hydroxyl groups excluding tert-OH is 1. The monoisotopic (exact) mass is 244 g/mol. The number of furan rings is 1. The van der Waals surface area contributed by atoms with Crippen LogP contribution in [0.4, 0.5) is 0 Å². The lowest BCUT2D eigenvalue weighted by Crippen LogP contribution is -2.15. The molecule has 1 aliphatic rings. The lowest BCUT2D eigenvalue weighted by Gasteiger charge is -2.25. The van der Waals surface area contributed by atoms with Crippen LogP contribution in [0.3, 0.4) is 0 Å². The Hall–Kier alpha value is -1.28. The van der Waals surface area contributed by atoms with Gasteiger partial charge >= 0.3 is 0 Å². The molecule has 0 amide bonds. The third kappa shape index (κ3) is 2.05. The normalized spacial score (nSPS) is 19.2. The lowest BCUT2D eigenvalue weighted by atomic mass is 9.84. The summed E-state index contributed by atoms with van der Waals surface area (Å²) in [5.41, 5.74) is 2.05. The quantitative estimate of drug-likeness (QED) is 0.851. The molecule has 1 fully saturated rings. The molecule has 1 aromatic carbocycles. The molecule has 2 nitrogen and oxygen atoms in total. The maximum absolute atomic E-state index is 10.4. The summed E-state index contributed by atoms with van der Waals surface area (Å²) < 4.78 is 5.86. The summed E-state index contributed by atoms with van der Waals surface area (Å²) in [6, 6.07) is 8.12. The lowest BCUT2D eigenvalue weighted by molar-refractivity contribution is 0.0668. The van der Waals surface area contributed by atoms with Crippen LogP contribution in [-0.2, 0) is 0 Å². The molecule has 1 atom stereocenters. The van der Waals surface area contributed by atoms with Crippen molar-refractivity contribution in [1.29, 1.82) is 0 Å². The summed E-state index contributed by atoms with van der Waals surface area (Å²) in [6.07, 6.45) is 5.59. The average molecular weight is 244 g/mol. The van der Waals surface area contributed by atoms with Gasteiger partial charge in [-0.15, -0.1) is 0 Å². The number of rotatable bonds is 2. The zero-order valence-corrected chi connectivity index (χ0v) is 10.9. The first-order valence-corrected chi connectivity index (χ1v) is 6.93. The Labute approximate surface area is 108 Å². The second kappa shape index (κ2) is 4.77. The highest BCUT2D eigenvalue weighted by Gasteiger charge is 2.25. The Morgan fingerprint density at radius 1 is 1.22 bits per heavy atom. The van der Waals surface area contributed by atoms with Crippen LogP contribution in [0.2, 0.25) is 0 Å². The summed E-state index contributed by atoms with van der Waals surface area (Å²) in [7, 11) is 0. The maximum atomic E-state index is 10.4. The molecule has 0 saturated heterocycles. The van der Waals surface area contributed by atoms with Crippen LogP contribution in [0.1, 0.15) is 49.5 Å². The highest BCUT2D eigenvalue weighted by atomic mass is 16.4. The van der Waals surface area contributed by atoms with E-state index in [1.165, 1.54) is 19.3 Å². The summed E-state index contributed by atoms with van der Waals surface area (Å²) in [6.45, 7) is 2.04. The van der Waals surface area contributed by atoms with Crippen molar-refractivity contribution in [2.24, 2.45) is 5.92 Å². The molecule has 96 valence electrons. The number of fused-ring (bicyclic) bond motifs is 1. The number of para-hydroxylation sites is 1. The van der Waals surface area contributed by atoms with Crippen LogP contribution in [0, 0.1) is 12.8 Å². The second-order valence-electron chi connectivity index (χ2n) is 5.48. The maximum Gasteiger partial charge on any atom is 0.137 e. The minimum absolute atomic E-state index is 0.375. The molecular weight excluding hydrogens is 224 g/mol. The van der Waals surface area contributed by atoms with Gasteiger partial charge in [0.25, 0.3) is 0 Å². The van der Waals surface area contributed by atoms with Gasteiger partial charge in [0.1, 0.15) is 17.4 Å². The Balaban J connectivity index is 1.91. The SMILES string of the molecule is Cc1cccc2cc(C(O)C3CCCCC3)oc12. The Morgan fingerprint density at radius 3 is 2.72 bits per heavy atom. The van der Waals surface area contributed by atoms with E-state index >= 15 is 0 Å². The average Bonchev–Trinajstić information content (AvgIpc) is 2.84. The van der Waals surface area contributed by atoms with Crippen molar-refractivity contribution >= 4 is 11.0 Å².